The van der Waals surface area contributed by atoms with Gasteiger partial charge in [-0.3, -0.25) is 4.79 Å². The molecule has 31 heavy (non-hydrogen) atoms. The van der Waals surface area contributed by atoms with Gasteiger partial charge in [0, 0.05) is 36.4 Å². The molecule has 0 aliphatic carbocycles. The molecule has 1 aromatic heterocycles. The van der Waals surface area contributed by atoms with Crippen LogP contribution in [0.3, 0.4) is 0 Å². The first-order chi connectivity index (χ1) is 14.6. The monoisotopic (exact) mass is 458 g/mol. The lowest BCUT2D eigenvalue weighted by Gasteiger charge is -2.18. The number of aromatic nitrogens is 1. The summed E-state index contributed by atoms with van der Waals surface area (Å²) in [7, 11) is -0.643. The summed E-state index contributed by atoms with van der Waals surface area (Å²) in [6.45, 7) is 5.53. The average Bonchev–Trinajstić information content (AvgIpc) is 3.16. The maximum atomic E-state index is 12.8. The van der Waals surface area contributed by atoms with E-state index in [1.807, 2.05) is 43.5 Å². The number of benzene rings is 2. The molecular formula is C22H26N4O3S2. The van der Waals surface area contributed by atoms with E-state index in [9.17, 15) is 13.2 Å². The fourth-order valence-electron chi connectivity index (χ4n) is 2.93. The second kappa shape index (κ2) is 9.17. The van der Waals surface area contributed by atoms with Crippen LogP contribution in [0.4, 0.5) is 11.4 Å². The van der Waals surface area contributed by atoms with Crippen molar-refractivity contribution in [2.75, 3.05) is 24.7 Å². The summed E-state index contributed by atoms with van der Waals surface area (Å²) in [5, 5.41) is 9.03. The van der Waals surface area contributed by atoms with Gasteiger partial charge in [-0.2, -0.15) is 0 Å². The van der Waals surface area contributed by atoms with Gasteiger partial charge in [0.05, 0.1) is 15.6 Å². The molecule has 0 saturated carbocycles. The Labute approximate surface area is 187 Å². The minimum absolute atomic E-state index is 0.130. The van der Waals surface area contributed by atoms with Crippen molar-refractivity contribution in [2.24, 2.45) is 0 Å². The van der Waals surface area contributed by atoms with Gasteiger partial charge in [0.15, 0.2) is 0 Å². The van der Waals surface area contributed by atoms with Gasteiger partial charge in [-0.25, -0.2) is 17.7 Å². The largest absolute Gasteiger partial charge is 0.374 e. The molecule has 3 rings (SSSR count). The molecule has 7 nitrogen and oxygen atoms in total. The Hall–Kier alpha value is -2.75. The summed E-state index contributed by atoms with van der Waals surface area (Å²) in [4.78, 5) is 17.4. The van der Waals surface area contributed by atoms with Crippen molar-refractivity contribution in [3.05, 3.63) is 58.4 Å². The third kappa shape index (κ3) is 5.30. The molecule has 9 heteroatoms. The van der Waals surface area contributed by atoms with E-state index in [0.717, 1.165) is 31.8 Å². The highest BCUT2D eigenvalue weighted by atomic mass is 32.2. The highest BCUT2D eigenvalue weighted by Gasteiger charge is 2.20. The smallest absolute Gasteiger partial charge is 0.246 e. The molecule has 2 aromatic carbocycles. The van der Waals surface area contributed by atoms with Crippen LogP contribution >= 0.6 is 11.3 Å². The number of carbonyl (C=O) groups is 1. The van der Waals surface area contributed by atoms with E-state index in [2.05, 4.69) is 15.6 Å². The van der Waals surface area contributed by atoms with Gasteiger partial charge in [0.1, 0.15) is 6.04 Å². The van der Waals surface area contributed by atoms with Crippen molar-refractivity contribution in [1.29, 1.82) is 0 Å². The number of anilines is 2. The molecule has 0 fully saturated rings. The quantitative estimate of drug-likeness (QED) is 0.556. The molecule has 3 aromatic rings. The number of sulfonamides is 1. The normalized spacial score (nSPS) is 12.6. The van der Waals surface area contributed by atoms with Crippen LogP contribution in [0.1, 0.15) is 17.5 Å². The van der Waals surface area contributed by atoms with Crippen LogP contribution in [0.5, 0.6) is 0 Å². The number of hydrogen-bond donors (Lipinski definition) is 2. The fraction of sp³-hybridized carbons (Fsp3) is 0.273. The molecule has 0 saturated heterocycles. The van der Waals surface area contributed by atoms with Crippen LogP contribution in [-0.2, 0) is 14.8 Å². The fourth-order valence-corrected chi connectivity index (χ4v) is 4.48. The van der Waals surface area contributed by atoms with Gasteiger partial charge in [-0.05, 0) is 50.6 Å². The van der Waals surface area contributed by atoms with Crippen LogP contribution in [-0.4, -0.2) is 43.8 Å². The van der Waals surface area contributed by atoms with Crippen molar-refractivity contribution in [3.63, 3.8) is 0 Å². The van der Waals surface area contributed by atoms with Crippen molar-refractivity contribution >= 4 is 38.6 Å². The molecule has 0 radical (unpaired) electrons. The molecule has 0 unspecified atom stereocenters. The molecule has 1 heterocycles. The number of amides is 1. The first-order valence-electron chi connectivity index (χ1n) is 9.71. The highest BCUT2D eigenvalue weighted by Crippen LogP contribution is 2.25. The molecule has 0 aliphatic rings. The molecule has 2 N–H and O–H groups in total. The number of thiazole rings is 1. The third-order valence-electron chi connectivity index (χ3n) is 4.80. The summed E-state index contributed by atoms with van der Waals surface area (Å²) in [6, 6.07) is 11.9. The zero-order valence-corrected chi connectivity index (χ0v) is 19.8. The van der Waals surface area contributed by atoms with Gasteiger partial charge >= 0.3 is 0 Å². The lowest BCUT2D eigenvalue weighted by atomic mass is 10.1. The molecule has 1 atom stereocenters. The summed E-state index contributed by atoms with van der Waals surface area (Å²) in [5.41, 5.74) is 3.91. The second-order valence-corrected chi connectivity index (χ2v) is 10.7. The van der Waals surface area contributed by atoms with E-state index in [0.29, 0.717) is 5.69 Å². The summed E-state index contributed by atoms with van der Waals surface area (Å²) >= 11 is 1.59. The first kappa shape index (κ1) is 22.9. The van der Waals surface area contributed by atoms with E-state index in [1.54, 1.807) is 24.3 Å². The van der Waals surface area contributed by atoms with Crippen molar-refractivity contribution in [2.45, 2.75) is 31.7 Å². The lowest BCUT2D eigenvalue weighted by Crippen LogP contribution is -2.32. The van der Waals surface area contributed by atoms with E-state index in [1.165, 1.54) is 26.2 Å². The van der Waals surface area contributed by atoms with Crippen LogP contribution < -0.4 is 10.6 Å². The zero-order chi connectivity index (χ0) is 22.8. The number of rotatable bonds is 7. The van der Waals surface area contributed by atoms with E-state index in [4.69, 9.17) is 0 Å². The zero-order valence-electron chi connectivity index (χ0n) is 18.1. The van der Waals surface area contributed by atoms with E-state index >= 15 is 0 Å². The van der Waals surface area contributed by atoms with Crippen LogP contribution in [0.15, 0.2) is 52.7 Å². The Morgan fingerprint density at radius 2 is 1.87 bits per heavy atom. The Morgan fingerprint density at radius 3 is 2.52 bits per heavy atom. The van der Waals surface area contributed by atoms with Gasteiger partial charge in [-0.1, -0.05) is 18.2 Å². The topological polar surface area (TPSA) is 91.4 Å². The number of nitrogens with one attached hydrogen (secondary N) is 2. The summed E-state index contributed by atoms with van der Waals surface area (Å²) < 4.78 is 25.9. The van der Waals surface area contributed by atoms with Gasteiger partial charge in [0.25, 0.3) is 0 Å². The standard InChI is InChI=1S/C22H26N4O3S2/c1-14-9-10-19(31(28,29)26(4)5)12-20(14)25-22(27)15(2)23-18-8-6-7-17(11-18)21-13-30-16(3)24-21/h6-13,15,23H,1-5H3,(H,25,27)/t15-/m1/s1. The maximum absolute atomic E-state index is 12.8. The Kier molecular flexibility index (Phi) is 6.78. The Bertz CT molecular complexity index is 1200. The first-order valence-corrected chi connectivity index (χ1v) is 12.0. The Balaban J connectivity index is 1.74. The molecule has 1 amide bonds. The lowest BCUT2D eigenvalue weighted by molar-refractivity contribution is -0.116. The number of aryl methyl sites for hydroxylation is 2. The minimum Gasteiger partial charge on any atom is -0.374 e. The van der Waals surface area contributed by atoms with E-state index in [-0.39, 0.29) is 10.8 Å². The number of nitrogens with zero attached hydrogens (tertiary/aromatic N) is 2. The average molecular weight is 459 g/mol. The van der Waals surface area contributed by atoms with Crippen LogP contribution in [0.25, 0.3) is 11.3 Å². The predicted molar refractivity (Wildman–Crippen MR) is 126 cm³/mol. The van der Waals surface area contributed by atoms with E-state index < -0.39 is 16.1 Å². The Morgan fingerprint density at radius 1 is 1.13 bits per heavy atom. The second-order valence-electron chi connectivity index (χ2n) is 7.45. The molecule has 0 bridgehead atoms. The summed E-state index contributed by atoms with van der Waals surface area (Å²) in [6.07, 6.45) is 0. The van der Waals surface area contributed by atoms with Crippen LogP contribution in [0.2, 0.25) is 0 Å². The molecule has 0 spiro atoms. The molecule has 0 aliphatic heterocycles. The van der Waals surface area contributed by atoms with Crippen LogP contribution in [0, 0.1) is 13.8 Å². The van der Waals surface area contributed by atoms with Crippen molar-refractivity contribution < 1.29 is 13.2 Å². The van der Waals surface area contributed by atoms with Gasteiger partial charge in [-0.15, -0.1) is 11.3 Å². The maximum Gasteiger partial charge on any atom is 0.246 e. The molecular weight excluding hydrogens is 432 g/mol. The third-order valence-corrected chi connectivity index (χ3v) is 7.38. The predicted octanol–water partition coefficient (Wildman–Crippen LogP) is 4.12. The highest BCUT2D eigenvalue weighted by molar-refractivity contribution is 7.89. The molecule has 164 valence electrons. The number of carbonyl (C=O) groups excluding carboxylic acids is 1. The minimum atomic E-state index is -3.59. The number of hydrogen-bond acceptors (Lipinski definition) is 6. The van der Waals surface area contributed by atoms with Gasteiger partial charge in [0.2, 0.25) is 15.9 Å². The van der Waals surface area contributed by atoms with Crippen molar-refractivity contribution in [1.82, 2.24) is 9.29 Å². The summed E-state index contributed by atoms with van der Waals surface area (Å²) in [5.74, 6) is -0.266. The van der Waals surface area contributed by atoms with Crippen molar-refractivity contribution in [3.8, 4) is 11.3 Å². The SMILES string of the molecule is Cc1nc(-c2cccc(N[C@H](C)C(=O)Nc3cc(S(=O)(=O)N(C)C)ccc3C)c2)cs1. The van der Waals surface area contributed by atoms with Gasteiger partial charge < -0.3 is 10.6 Å².